The predicted molar refractivity (Wildman–Crippen MR) is 48.1 cm³/mol. The maximum absolute atomic E-state index is 9.54. The molecule has 1 aliphatic heterocycles. The van der Waals surface area contributed by atoms with Crippen LogP contribution in [-0.4, -0.2) is 5.11 Å². The van der Waals surface area contributed by atoms with Gasteiger partial charge in [0.25, 0.3) is 0 Å². The Morgan fingerprint density at radius 2 is 1.92 bits per heavy atom. The normalized spacial score (nSPS) is 14.8. The first-order valence-corrected chi connectivity index (χ1v) is 4.22. The lowest BCUT2D eigenvalue weighted by Crippen LogP contribution is -2.00. The van der Waals surface area contributed by atoms with Gasteiger partial charge in [0, 0.05) is 13.1 Å². The van der Waals surface area contributed by atoms with Crippen LogP contribution in [0.2, 0.25) is 0 Å². The first kappa shape index (κ1) is 7.62. The van der Waals surface area contributed by atoms with Crippen molar-refractivity contribution >= 4 is 0 Å². The maximum atomic E-state index is 9.54. The van der Waals surface area contributed by atoms with Crippen LogP contribution in [0.3, 0.4) is 0 Å². The molecule has 2 N–H and O–H groups in total. The lowest BCUT2D eigenvalue weighted by Gasteiger charge is -2.08. The van der Waals surface area contributed by atoms with Crippen LogP contribution in [-0.2, 0) is 13.1 Å². The van der Waals surface area contributed by atoms with E-state index in [9.17, 15) is 5.11 Å². The fourth-order valence-corrected chi connectivity index (χ4v) is 1.82. The standard InChI is InChI=1S/C10H13NO/c1-6-3-10(12)7(2)9-5-11-4-8(6)9/h3,11-12H,4-5H2,1-2H3. The second-order valence-electron chi connectivity index (χ2n) is 3.40. The van der Waals surface area contributed by atoms with Crippen LogP contribution in [0.5, 0.6) is 5.75 Å². The summed E-state index contributed by atoms with van der Waals surface area (Å²) in [6.07, 6.45) is 0. The van der Waals surface area contributed by atoms with Crippen LogP contribution in [0.25, 0.3) is 0 Å². The van der Waals surface area contributed by atoms with Crippen molar-refractivity contribution in [3.63, 3.8) is 0 Å². The average molecular weight is 163 g/mol. The molecule has 64 valence electrons. The third-order valence-electron chi connectivity index (χ3n) is 2.63. The van der Waals surface area contributed by atoms with Crippen molar-refractivity contribution in [1.29, 1.82) is 0 Å². The summed E-state index contributed by atoms with van der Waals surface area (Å²) in [5.41, 5.74) is 4.87. The molecule has 1 aromatic carbocycles. The summed E-state index contributed by atoms with van der Waals surface area (Å²) in [5, 5.41) is 12.8. The number of aryl methyl sites for hydroxylation is 1. The van der Waals surface area contributed by atoms with Crippen LogP contribution in [0.4, 0.5) is 0 Å². The highest BCUT2D eigenvalue weighted by Gasteiger charge is 2.16. The molecule has 1 heterocycles. The van der Waals surface area contributed by atoms with Crippen LogP contribution < -0.4 is 5.32 Å². The number of rotatable bonds is 0. The molecule has 0 amide bonds. The molecule has 1 aliphatic rings. The summed E-state index contributed by atoms with van der Waals surface area (Å²) in [4.78, 5) is 0. The lowest BCUT2D eigenvalue weighted by molar-refractivity contribution is 0.469. The Labute approximate surface area is 72.2 Å². The molecular weight excluding hydrogens is 150 g/mol. The monoisotopic (exact) mass is 163 g/mol. The Hall–Kier alpha value is -1.02. The predicted octanol–water partition coefficient (Wildman–Crippen LogP) is 1.61. The molecule has 0 spiro atoms. The lowest BCUT2D eigenvalue weighted by atomic mass is 9.99. The fraction of sp³-hybridized carbons (Fsp3) is 0.400. The van der Waals surface area contributed by atoms with Gasteiger partial charge in [0.15, 0.2) is 0 Å². The summed E-state index contributed by atoms with van der Waals surface area (Å²) in [6.45, 7) is 5.87. The van der Waals surface area contributed by atoms with Gasteiger partial charge in [-0.05, 0) is 42.2 Å². The highest BCUT2D eigenvalue weighted by Crippen LogP contribution is 2.29. The SMILES string of the molecule is Cc1cc(O)c(C)c2c1CNC2. The van der Waals surface area contributed by atoms with Gasteiger partial charge in [-0.1, -0.05) is 0 Å². The molecule has 0 bridgehead atoms. The first-order valence-electron chi connectivity index (χ1n) is 4.22. The average Bonchev–Trinajstić information content (AvgIpc) is 2.48. The van der Waals surface area contributed by atoms with Crippen molar-refractivity contribution in [3.8, 4) is 5.75 Å². The minimum absolute atomic E-state index is 0.426. The second-order valence-corrected chi connectivity index (χ2v) is 3.40. The molecule has 0 saturated heterocycles. The van der Waals surface area contributed by atoms with Crippen LogP contribution in [0.15, 0.2) is 6.07 Å². The number of phenols is 1. The zero-order valence-corrected chi connectivity index (χ0v) is 7.44. The van der Waals surface area contributed by atoms with Crippen molar-refractivity contribution in [1.82, 2.24) is 5.32 Å². The van der Waals surface area contributed by atoms with Gasteiger partial charge in [-0.3, -0.25) is 0 Å². The molecule has 0 saturated carbocycles. The van der Waals surface area contributed by atoms with E-state index in [-0.39, 0.29) is 0 Å². The Balaban J connectivity index is 2.69. The van der Waals surface area contributed by atoms with E-state index in [0.717, 1.165) is 18.7 Å². The Morgan fingerprint density at radius 3 is 2.67 bits per heavy atom. The maximum Gasteiger partial charge on any atom is 0.119 e. The molecule has 12 heavy (non-hydrogen) atoms. The Bertz CT molecular complexity index is 331. The molecule has 1 aromatic rings. The molecule has 0 aromatic heterocycles. The molecule has 0 radical (unpaired) electrons. The summed E-state index contributed by atoms with van der Waals surface area (Å²) >= 11 is 0. The van der Waals surface area contributed by atoms with Crippen LogP contribution in [0.1, 0.15) is 22.3 Å². The molecule has 0 atom stereocenters. The van der Waals surface area contributed by atoms with Crippen molar-refractivity contribution in [2.45, 2.75) is 26.9 Å². The van der Waals surface area contributed by atoms with Gasteiger partial charge in [0.1, 0.15) is 5.75 Å². The number of fused-ring (bicyclic) bond motifs is 1. The van der Waals surface area contributed by atoms with E-state index in [4.69, 9.17) is 0 Å². The minimum atomic E-state index is 0.426. The van der Waals surface area contributed by atoms with Crippen molar-refractivity contribution < 1.29 is 5.11 Å². The molecule has 0 fully saturated rings. The smallest absolute Gasteiger partial charge is 0.119 e. The quantitative estimate of drug-likeness (QED) is 0.609. The number of benzene rings is 1. The van der Waals surface area contributed by atoms with Gasteiger partial charge < -0.3 is 10.4 Å². The largest absolute Gasteiger partial charge is 0.508 e. The van der Waals surface area contributed by atoms with E-state index < -0.39 is 0 Å². The van der Waals surface area contributed by atoms with Crippen LogP contribution in [0, 0.1) is 13.8 Å². The zero-order valence-electron chi connectivity index (χ0n) is 7.44. The molecule has 2 nitrogen and oxygen atoms in total. The third-order valence-corrected chi connectivity index (χ3v) is 2.63. The third kappa shape index (κ3) is 0.916. The highest BCUT2D eigenvalue weighted by atomic mass is 16.3. The number of phenolic OH excluding ortho intramolecular Hbond substituents is 1. The molecule has 0 unspecified atom stereocenters. The second kappa shape index (κ2) is 2.49. The van der Waals surface area contributed by atoms with E-state index in [0.29, 0.717) is 5.75 Å². The van der Waals surface area contributed by atoms with E-state index in [2.05, 4.69) is 5.32 Å². The topological polar surface area (TPSA) is 32.3 Å². The fourth-order valence-electron chi connectivity index (χ4n) is 1.82. The molecular formula is C10H13NO. The van der Waals surface area contributed by atoms with Gasteiger partial charge in [-0.25, -0.2) is 0 Å². The van der Waals surface area contributed by atoms with Crippen LogP contribution >= 0.6 is 0 Å². The Morgan fingerprint density at radius 1 is 1.25 bits per heavy atom. The zero-order chi connectivity index (χ0) is 8.72. The van der Waals surface area contributed by atoms with Crippen molar-refractivity contribution in [2.24, 2.45) is 0 Å². The number of hydrogen-bond acceptors (Lipinski definition) is 2. The number of aromatic hydroxyl groups is 1. The van der Waals surface area contributed by atoms with Gasteiger partial charge in [-0.15, -0.1) is 0 Å². The van der Waals surface area contributed by atoms with Gasteiger partial charge in [-0.2, -0.15) is 0 Å². The molecule has 0 aliphatic carbocycles. The summed E-state index contributed by atoms with van der Waals surface area (Å²) in [6, 6.07) is 1.85. The van der Waals surface area contributed by atoms with Gasteiger partial charge in [0.05, 0.1) is 0 Å². The molecule has 2 rings (SSSR count). The number of hydrogen-bond donors (Lipinski definition) is 2. The molecule has 2 heteroatoms. The Kier molecular flexibility index (Phi) is 1.58. The van der Waals surface area contributed by atoms with Crippen molar-refractivity contribution in [2.75, 3.05) is 0 Å². The summed E-state index contributed by atoms with van der Waals surface area (Å²) in [7, 11) is 0. The summed E-state index contributed by atoms with van der Waals surface area (Å²) < 4.78 is 0. The van der Waals surface area contributed by atoms with E-state index >= 15 is 0 Å². The summed E-state index contributed by atoms with van der Waals surface area (Å²) in [5.74, 6) is 0.426. The first-order chi connectivity index (χ1) is 5.70. The van der Waals surface area contributed by atoms with Crippen molar-refractivity contribution in [3.05, 3.63) is 28.3 Å². The number of nitrogens with one attached hydrogen (secondary N) is 1. The van der Waals surface area contributed by atoms with Gasteiger partial charge >= 0.3 is 0 Å². The van der Waals surface area contributed by atoms with E-state index in [1.165, 1.54) is 16.7 Å². The van der Waals surface area contributed by atoms with E-state index in [1.54, 1.807) is 0 Å². The highest BCUT2D eigenvalue weighted by molar-refractivity contribution is 5.49. The minimum Gasteiger partial charge on any atom is -0.508 e. The van der Waals surface area contributed by atoms with Gasteiger partial charge in [0.2, 0.25) is 0 Å². The van der Waals surface area contributed by atoms with E-state index in [1.807, 2.05) is 19.9 Å².